The number of pyridine rings is 1. The third-order valence-electron chi connectivity index (χ3n) is 2.49. The van der Waals surface area contributed by atoms with Crippen LogP contribution in [0.25, 0.3) is 0 Å². The molecule has 0 aliphatic heterocycles. The van der Waals surface area contributed by atoms with Crippen LogP contribution in [-0.2, 0) is 0 Å². The van der Waals surface area contributed by atoms with Crippen molar-refractivity contribution in [1.29, 1.82) is 0 Å². The lowest BCUT2D eigenvalue weighted by atomic mass is 10.2. The molecule has 1 heterocycles. The van der Waals surface area contributed by atoms with E-state index < -0.39 is 11.7 Å². The van der Waals surface area contributed by atoms with Gasteiger partial charge in [-0.25, -0.2) is 9.37 Å². The maximum atomic E-state index is 13.1. The lowest BCUT2D eigenvalue weighted by Crippen LogP contribution is -2.14. The van der Waals surface area contributed by atoms with Crippen molar-refractivity contribution >= 4 is 39.1 Å². The Kier molecular flexibility index (Phi) is 4.17. The highest BCUT2D eigenvalue weighted by Gasteiger charge is 2.14. The number of aryl methyl sites for hydroxylation is 1. The average Bonchev–Trinajstić information content (AvgIpc) is 2.38. The van der Waals surface area contributed by atoms with Crippen molar-refractivity contribution in [2.75, 3.05) is 5.32 Å². The molecule has 0 bridgehead atoms. The van der Waals surface area contributed by atoms with Crippen LogP contribution in [0.2, 0.25) is 5.15 Å². The SMILES string of the molecule is Cc1cccc(NC(=O)c2cc(F)cnc2Cl)c1Br. The minimum Gasteiger partial charge on any atom is -0.321 e. The van der Waals surface area contributed by atoms with Crippen LogP contribution in [0.5, 0.6) is 0 Å². The zero-order valence-electron chi connectivity index (χ0n) is 9.88. The van der Waals surface area contributed by atoms with Crippen molar-refractivity contribution in [3.05, 3.63) is 57.0 Å². The van der Waals surface area contributed by atoms with E-state index in [1.54, 1.807) is 12.1 Å². The fraction of sp³-hybridized carbons (Fsp3) is 0.0769. The molecule has 0 aliphatic rings. The second kappa shape index (κ2) is 5.67. The summed E-state index contributed by atoms with van der Waals surface area (Å²) in [6.45, 7) is 1.90. The summed E-state index contributed by atoms with van der Waals surface area (Å²) in [7, 11) is 0. The Morgan fingerprint density at radius 3 is 2.95 bits per heavy atom. The Balaban J connectivity index is 2.31. The molecule has 1 amide bonds. The topological polar surface area (TPSA) is 42.0 Å². The second-order valence-electron chi connectivity index (χ2n) is 3.88. The molecule has 0 aliphatic carbocycles. The summed E-state index contributed by atoms with van der Waals surface area (Å²) in [5, 5.41) is 2.62. The molecule has 6 heteroatoms. The predicted molar refractivity (Wildman–Crippen MR) is 76.0 cm³/mol. The molecule has 19 heavy (non-hydrogen) atoms. The number of carbonyl (C=O) groups is 1. The number of hydrogen-bond acceptors (Lipinski definition) is 2. The first-order chi connectivity index (χ1) is 8.99. The fourth-order valence-corrected chi connectivity index (χ4v) is 2.07. The van der Waals surface area contributed by atoms with Crippen LogP contribution in [0.1, 0.15) is 15.9 Å². The molecule has 98 valence electrons. The molecule has 1 aromatic heterocycles. The molecule has 0 saturated heterocycles. The molecule has 3 nitrogen and oxygen atoms in total. The molecule has 0 atom stereocenters. The van der Waals surface area contributed by atoms with Gasteiger partial charge in [0.25, 0.3) is 5.91 Å². The number of carbonyl (C=O) groups excluding carboxylic acids is 1. The molecule has 2 rings (SSSR count). The van der Waals surface area contributed by atoms with Gasteiger partial charge in [0.05, 0.1) is 17.4 Å². The van der Waals surface area contributed by atoms with Crippen LogP contribution in [0.3, 0.4) is 0 Å². The summed E-state index contributed by atoms with van der Waals surface area (Å²) in [6.07, 6.45) is 0.960. The second-order valence-corrected chi connectivity index (χ2v) is 5.03. The van der Waals surface area contributed by atoms with Crippen LogP contribution < -0.4 is 5.32 Å². The Morgan fingerprint density at radius 2 is 2.21 bits per heavy atom. The monoisotopic (exact) mass is 342 g/mol. The molecule has 0 unspecified atom stereocenters. The zero-order chi connectivity index (χ0) is 14.0. The Labute approximate surface area is 122 Å². The van der Waals surface area contributed by atoms with E-state index in [4.69, 9.17) is 11.6 Å². The maximum Gasteiger partial charge on any atom is 0.258 e. The van der Waals surface area contributed by atoms with Crippen LogP contribution in [0.15, 0.2) is 34.9 Å². The van der Waals surface area contributed by atoms with Gasteiger partial charge >= 0.3 is 0 Å². The minimum absolute atomic E-state index is 0.00456. The summed E-state index contributed by atoms with van der Waals surface area (Å²) in [5.41, 5.74) is 1.56. The van der Waals surface area contributed by atoms with Crippen LogP contribution in [0, 0.1) is 12.7 Å². The van der Waals surface area contributed by atoms with Gasteiger partial charge in [0.2, 0.25) is 0 Å². The summed E-state index contributed by atoms with van der Waals surface area (Å²) in [6, 6.07) is 6.49. The van der Waals surface area contributed by atoms with E-state index in [9.17, 15) is 9.18 Å². The molecule has 0 fully saturated rings. The molecule has 2 aromatic rings. The number of halogens is 3. The number of benzene rings is 1. The Hall–Kier alpha value is -1.46. The van der Waals surface area contributed by atoms with Crippen molar-refractivity contribution in [1.82, 2.24) is 4.98 Å². The highest BCUT2D eigenvalue weighted by atomic mass is 79.9. The van der Waals surface area contributed by atoms with Crippen LogP contribution in [0.4, 0.5) is 10.1 Å². The molecular weight excluding hydrogens is 335 g/mol. The van der Waals surface area contributed by atoms with Crippen molar-refractivity contribution in [3.63, 3.8) is 0 Å². The number of hydrogen-bond donors (Lipinski definition) is 1. The smallest absolute Gasteiger partial charge is 0.258 e. The predicted octanol–water partition coefficient (Wildman–Crippen LogP) is 4.20. The summed E-state index contributed by atoms with van der Waals surface area (Å²) >= 11 is 9.15. The summed E-state index contributed by atoms with van der Waals surface area (Å²) in [5.74, 6) is -1.12. The number of nitrogens with one attached hydrogen (secondary N) is 1. The normalized spacial score (nSPS) is 10.3. The largest absolute Gasteiger partial charge is 0.321 e. The standard InChI is InChI=1S/C13H9BrClFN2O/c1-7-3-2-4-10(11(7)14)18-13(19)9-5-8(16)6-17-12(9)15/h2-6H,1H3,(H,18,19). The number of aromatic nitrogens is 1. The van der Waals surface area contributed by atoms with E-state index in [1.807, 2.05) is 13.0 Å². The first-order valence-electron chi connectivity index (χ1n) is 5.36. The van der Waals surface area contributed by atoms with E-state index >= 15 is 0 Å². The number of nitrogens with zero attached hydrogens (tertiary/aromatic N) is 1. The van der Waals surface area contributed by atoms with Crippen LogP contribution >= 0.6 is 27.5 Å². The molecular formula is C13H9BrClFN2O. The van der Waals surface area contributed by atoms with E-state index in [1.165, 1.54) is 0 Å². The number of rotatable bonds is 2. The van der Waals surface area contributed by atoms with Gasteiger partial charge in [0, 0.05) is 4.47 Å². The van der Waals surface area contributed by atoms with E-state index in [0.717, 1.165) is 22.3 Å². The Bertz CT molecular complexity index is 649. The van der Waals surface area contributed by atoms with Crippen molar-refractivity contribution in [3.8, 4) is 0 Å². The van der Waals surface area contributed by atoms with Gasteiger partial charge in [0.1, 0.15) is 11.0 Å². The van der Waals surface area contributed by atoms with Gasteiger partial charge in [0.15, 0.2) is 0 Å². The van der Waals surface area contributed by atoms with E-state index in [0.29, 0.717) is 5.69 Å². The van der Waals surface area contributed by atoms with Crippen molar-refractivity contribution < 1.29 is 9.18 Å². The fourth-order valence-electron chi connectivity index (χ4n) is 1.52. The lowest BCUT2D eigenvalue weighted by Gasteiger charge is -2.09. The van der Waals surface area contributed by atoms with Gasteiger partial charge in [-0.2, -0.15) is 0 Å². The van der Waals surface area contributed by atoms with Gasteiger partial charge in [-0.1, -0.05) is 23.7 Å². The average molecular weight is 344 g/mol. The first-order valence-corrected chi connectivity index (χ1v) is 6.53. The van der Waals surface area contributed by atoms with E-state index in [-0.39, 0.29) is 10.7 Å². The van der Waals surface area contributed by atoms with Gasteiger partial charge in [-0.3, -0.25) is 4.79 Å². The van der Waals surface area contributed by atoms with Crippen molar-refractivity contribution in [2.24, 2.45) is 0 Å². The third-order valence-corrected chi connectivity index (χ3v) is 3.84. The summed E-state index contributed by atoms with van der Waals surface area (Å²) in [4.78, 5) is 15.6. The third kappa shape index (κ3) is 3.11. The Morgan fingerprint density at radius 1 is 1.47 bits per heavy atom. The van der Waals surface area contributed by atoms with Gasteiger partial charge in [-0.05, 0) is 40.5 Å². The van der Waals surface area contributed by atoms with Crippen LogP contribution in [-0.4, -0.2) is 10.9 Å². The highest BCUT2D eigenvalue weighted by Crippen LogP contribution is 2.26. The van der Waals surface area contributed by atoms with Gasteiger partial charge < -0.3 is 5.32 Å². The highest BCUT2D eigenvalue weighted by molar-refractivity contribution is 9.10. The molecule has 0 saturated carbocycles. The number of anilines is 1. The molecule has 1 aromatic carbocycles. The summed E-state index contributed by atoms with van der Waals surface area (Å²) < 4.78 is 13.8. The van der Waals surface area contributed by atoms with E-state index in [2.05, 4.69) is 26.2 Å². The molecule has 0 radical (unpaired) electrons. The molecule has 1 N–H and O–H groups in total. The molecule has 0 spiro atoms. The quantitative estimate of drug-likeness (QED) is 0.831. The van der Waals surface area contributed by atoms with Gasteiger partial charge in [-0.15, -0.1) is 0 Å². The number of amides is 1. The lowest BCUT2D eigenvalue weighted by molar-refractivity contribution is 0.102. The first kappa shape index (κ1) is 14.0. The van der Waals surface area contributed by atoms with Crippen molar-refractivity contribution in [2.45, 2.75) is 6.92 Å². The minimum atomic E-state index is -0.613. The maximum absolute atomic E-state index is 13.1. The zero-order valence-corrected chi connectivity index (χ0v) is 12.2.